The number of hydrogen-bond donors (Lipinski definition) is 1. The second-order valence-electron chi connectivity index (χ2n) is 3.72. The van der Waals surface area contributed by atoms with Crippen LogP contribution in [0.15, 0.2) is 36.5 Å². The van der Waals surface area contributed by atoms with Crippen molar-refractivity contribution in [3.05, 3.63) is 62.4 Å². The highest BCUT2D eigenvalue weighted by Crippen LogP contribution is 2.27. The third kappa shape index (κ3) is 3.04. The molecule has 0 saturated heterocycles. The van der Waals surface area contributed by atoms with Gasteiger partial charge in [0, 0.05) is 18.3 Å². The van der Waals surface area contributed by atoms with E-state index in [0.29, 0.717) is 0 Å². The molecule has 1 N–H and O–H groups in total. The number of nitro benzene ring substituents is 1. The first kappa shape index (κ1) is 14.2. The van der Waals surface area contributed by atoms with Gasteiger partial charge in [0.1, 0.15) is 5.15 Å². The lowest BCUT2D eigenvalue weighted by Gasteiger charge is -2.07. The average Bonchev–Trinajstić information content (AvgIpc) is 2.41. The molecular weight excluding hydrogens is 305 g/mol. The number of non-ortho nitro benzene ring substituents is 1. The molecular formula is C12H7Cl2N3O3. The monoisotopic (exact) mass is 311 g/mol. The summed E-state index contributed by atoms with van der Waals surface area (Å²) in [6.07, 6.45) is 1.46. The molecule has 102 valence electrons. The summed E-state index contributed by atoms with van der Waals surface area (Å²) in [5, 5.41) is 13.2. The predicted molar refractivity (Wildman–Crippen MR) is 75.3 cm³/mol. The summed E-state index contributed by atoms with van der Waals surface area (Å²) in [7, 11) is 0. The van der Waals surface area contributed by atoms with Crippen LogP contribution in [0.5, 0.6) is 0 Å². The van der Waals surface area contributed by atoms with Crippen LogP contribution in [0.1, 0.15) is 10.4 Å². The van der Waals surface area contributed by atoms with Crippen molar-refractivity contribution < 1.29 is 9.72 Å². The van der Waals surface area contributed by atoms with Crippen molar-refractivity contribution >= 4 is 40.5 Å². The topological polar surface area (TPSA) is 85.1 Å². The molecule has 0 unspecified atom stereocenters. The van der Waals surface area contributed by atoms with Gasteiger partial charge >= 0.3 is 0 Å². The van der Waals surface area contributed by atoms with Gasteiger partial charge in [-0.05, 0) is 18.2 Å². The number of rotatable bonds is 3. The number of nitrogens with zero attached hydrogens (tertiary/aromatic N) is 2. The largest absolute Gasteiger partial charge is 0.321 e. The highest BCUT2D eigenvalue weighted by atomic mass is 35.5. The Morgan fingerprint density at radius 1 is 1.30 bits per heavy atom. The van der Waals surface area contributed by atoms with Gasteiger partial charge in [0.15, 0.2) is 0 Å². The molecule has 1 amide bonds. The van der Waals surface area contributed by atoms with E-state index < -0.39 is 10.8 Å². The van der Waals surface area contributed by atoms with Crippen LogP contribution in [-0.4, -0.2) is 15.8 Å². The van der Waals surface area contributed by atoms with Gasteiger partial charge in [-0.3, -0.25) is 14.9 Å². The minimum Gasteiger partial charge on any atom is -0.321 e. The number of anilines is 1. The molecule has 0 bridgehead atoms. The normalized spacial score (nSPS) is 10.1. The Balaban J connectivity index is 2.25. The molecule has 0 saturated carbocycles. The zero-order valence-electron chi connectivity index (χ0n) is 9.84. The molecule has 2 rings (SSSR count). The Kier molecular flexibility index (Phi) is 4.16. The second kappa shape index (κ2) is 5.85. The van der Waals surface area contributed by atoms with E-state index in [1.54, 1.807) is 6.07 Å². The molecule has 8 heteroatoms. The third-order valence-corrected chi connectivity index (χ3v) is 3.03. The van der Waals surface area contributed by atoms with Crippen LogP contribution < -0.4 is 5.32 Å². The second-order valence-corrected chi connectivity index (χ2v) is 4.48. The number of carbonyl (C=O) groups is 1. The first-order valence-electron chi connectivity index (χ1n) is 5.35. The van der Waals surface area contributed by atoms with Crippen LogP contribution in [0.2, 0.25) is 10.2 Å². The molecule has 0 fully saturated rings. The van der Waals surface area contributed by atoms with Crippen LogP contribution in [-0.2, 0) is 0 Å². The standard InChI is InChI=1S/C12H7Cl2N3O3/c13-9-6-7(17(19)20)3-4-10(9)16-12(18)8-2-1-5-15-11(8)14/h1-6H,(H,16,18). The fraction of sp³-hybridized carbons (Fsp3) is 0. The van der Waals surface area contributed by atoms with Crippen LogP contribution in [0.25, 0.3) is 0 Å². The van der Waals surface area contributed by atoms with Gasteiger partial charge in [-0.1, -0.05) is 23.2 Å². The molecule has 0 spiro atoms. The lowest BCUT2D eigenvalue weighted by atomic mass is 10.2. The molecule has 1 heterocycles. The summed E-state index contributed by atoms with van der Waals surface area (Å²) in [6.45, 7) is 0. The number of nitrogens with one attached hydrogen (secondary N) is 1. The molecule has 0 atom stereocenters. The van der Waals surface area contributed by atoms with E-state index in [4.69, 9.17) is 23.2 Å². The van der Waals surface area contributed by atoms with Gasteiger partial charge in [-0.2, -0.15) is 0 Å². The molecule has 2 aromatic rings. The van der Waals surface area contributed by atoms with E-state index in [1.165, 1.54) is 24.4 Å². The van der Waals surface area contributed by atoms with Crippen molar-refractivity contribution in [2.45, 2.75) is 0 Å². The van der Waals surface area contributed by atoms with E-state index >= 15 is 0 Å². The van der Waals surface area contributed by atoms with Crippen molar-refractivity contribution in [3.63, 3.8) is 0 Å². The third-order valence-electron chi connectivity index (χ3n) is 2.42. The van der Waals surface area contributed by atoms with Gasteiger partial charge in [-0.15, -0.1) is 0 Å². The fourth-order valence-corrected chi connectivity index (χ4v) is 1.89. The Morgan fingerprint density at radius 3 is 2.65 bits per heavy atom. The van der Waals surface area contributed by atoms with Crippen molar-refractivity contribution in [3.8, 4) is 0 Å². The molecule has 0 aliphatic carbocycles. The summed E-state index contributed by atoms with van der Waals surface area (Å²) >= 11 is 11.7. The minimum absolute atomic E-state index is 0.0584. The highest BCUT2D eigenvalue weighted by Gasteiger charge is 2.14. The van der Waals surface area contributed by atoms with Crippen molar-refractivity contribution in [2.24, 2.45) is 0 Å². The zero-order chi connectivity index (χ0) is 14.7. The maximum atomic E-state index is 12.0. The van der Waals surface area contributed by atoms with Crippen LogP contribution in [0, 0.1) is 10.1 Å². The summed E-state index contributed by atoms with van der Waals surface area (Å²) in [6, 6.07) is 6.82. The molecule has 20 heavy (non-hydrogen) atoms. The van der Waals surface area contributed by atoms with Crippen molar-refractivity contribution in [2.75, 3.05) is 5.32 Å². The van der Waals surface area contributed by atoms with E-state index in [-0.39, 0.29) is 27.1 Å². The molecule has 6 nitrogen and oxygen atoms in total. The SMILES string of the molecule is O=C(Nc1ccc([N+](=O)[O-])cc1Cl)c1cccnc1Cl. The molecule has 1 aromatic carbocycles. The lowest BCUT2D eigenvalue weighted by Crippen LogP contribution is -2.13. The van der Waals surface area contributed by atoms with E-state index in [2.05, 4.69) is 10.3 Å². The Hall–Kier alpha value is -2.18. The number of amides is 1. The van der Waals surface area contributed by atoms with Crippen LogP contribution in [0.3, 0.4) is 0 Å². The number of hydrogen-bond acceptors (Lipinski definition) is 4. The Bertz CT molecular complexity index is 691. The van der Waals surface area contributed by atoms with E-state index in [0.717, 1.165) is 6.07 Å². The van der Waals surface area contributed by atoms with Gasteiger partial charge in [-0.25, -0.2) is 4.98 Å². The highest BCUT2D eigenvalue weighted by molar-refractivity contribution is 6.35. The Labute approximate surface area is 123 Å². The molecule has 0 aliphatic heterocycles. The number of aromatic nitrogens is 1. The summed E-state index contributed by atoms with van der Waals surface area (Å²) < 4.78 is 0. The molecule has 0 aliphatic rings. The first-order chi connectivity index (χ1) is 9.49. The summed E-state index contributed by atoms with van der Waals surface area (Å²) in [5.41, 5.74) is 0.276. The van der Waals surface area contributed by atoms with E-state index in [1.807, 2.05) is 0 Å². The number of nitro groups is 1. The molecule has 0 radical (unpaired) electrons. The number of pyridine rings is 1. The summed E-state index contributed by atoms with van der Waals surface area (Å²) in [5.74, 6) is -0.501. The number of benzene rings is 1. The zero-order valence-corrected chi connectivity index (χ0v) is 11.4. The van der Waals surface area contributed by atoms with Crippen molar-refractivity contribution in [1.29, 1.82) is 0 Å². The fourth-order valence-electron chi connectivity index (χ4n) is 1.46. The van der Waals surface area contributed by atoms with E-state index in [9.17, 15) is 14.9 Å². The van der Waals surface area contributed by atoms with Crippen LogP contribution >= 0.6 is 23.2 Å². The van der Waals surface area contributed by atoms with Gasteiger partial charge < -0.3 is 5.32 Å². The van der Waals surface area contributed by atoms with Crippen molar-refractivity contribution in [1.82, 2.24) is 4.98 Å². The summed E-state index contributed by atoms with van der Waals surface area (Å²) in [4.78, 5) is 25.8. The number of halogens is 2. The maximum absolute atomic E-state index is 12.0. The average molecular weight is 312 g/mol. The van der Waals surface area contributed by atoms with Crippen LogP contribution in [0.4, 0.5) is 11.4 Å². The first-order valence-corrected chi connectivity index (χ1v) is 6.10. The van der Waals surface area contributed by atoms with Gasteiger partial charge in [0.25, 0.3) is 11.6 Å². The molecule has 1 aromatic heterocycles. The maximum Gasteiger partial charge on any atom is 0.271 e. The van der Waals surface area contributed by atoms with Gasteiger partial charge in [0.2, 0.25) is 0 Å². The number of carbonyl (C=O) groups excluding carboxylic acids is 1. The smallest absolute Gasteiger partial charge is 0.271 e. The Morgan fingerprint density at radius 2 is 2.05 bits per heavy atom. The predicted octanol–water partition coefficient (Wildman–Crippen LogP) is 3.55. The quantitative estimate of drug-likeness (QED) is 0.533. The van der Waals surface area contributed by atoms with Gasteiger partial charge in [0.05, 0.1) is 21.2 Å². The minimum atomic E-state index is -0.574. The lowest BCUT2D eigenvalue weighted by molar-refractivity contribution is -0.384.